The summed E-state index contributed by atoms with van der Waals surface area (Å²) in [5.41, 5.74) is 2.05. The Balaban J connectivity index is 1.57. The number of aromatic nitrogens is 1. The van der Waals surface area contributed by atoms with Gasteiger partial charge < -0.3 is 10.2 Å². The minimum absolute atomic E-state index is 0.105. The summed E-state index contributed by atoms with van der Waals surface area (Å²) >= 11 is 0. The molecule has 1 saturated carbocycles. The van der Waals surface area contributed by atoms with Crippen molar-refractivity contribution in [2.45, 2.75) is 38.3 Å². The molecule has 2 bridgehead atoms. The van der Waals surface area contributed by atoms with Gasteiger partial charge in [-0.3, -0.25) is 4.98 Å². The zero-order valence-electron chi connectivity index (χ0n) is 14.4. The molecule has 2 saturated heterocycles. The molecule has 3 fully saturated rings. The average Bonchev–Trinajstić information content (AvgIpc) is 2.61. The Labute approximate surface area is 151 Å². The number of rotatable bonds is 2. The first-order chi connectivity index (χ1) is 12.5. The van der Waals surface area contributed by atoms with Crippen LogP contribution in [0.3, 0.4) is 0 Å². The Morgan fingerprint density at radius 3 is 2.73 bits per heavy atom. The molecule has 1 aromatic carbocycles. The highest BCUT2D eigenvalue weighted by atomic mass is 19.1. The third-order valence-electron chi connectivity index (χ3n) is 5.32. The minimum Gasteiger partial charge on any atom is -0.318 e. The maximum Gasteiger partial charge on any atom is 0.322 e. The monoisotopic (exact) mass is 350 g/mol. The number of anilines is 1. The number of carbonyl (C=O) groups excluding carboxylic acids is 1. The van der Waals surface area contributed by atoms with E-state index in [1.54, 1.807) is 18.2 Å². The fourth-order valence-corrected chi connectivity index (χ4v) is 4.18. The van der Waals surface area contributed by atoms with Crippen LogP contribution in [-0.2, 0) is 0 Å². The van der Waals surface area contributed by atoms with Gasteiger partial charge in [0, 0.05) is 35.1 Å². The van der Waals surface area contributed by atoms with Gasteiger partial charge in [-0.05, 0) is 49.4 Å². The molecular formula is C20H19FN4O. The van der Waals surface area contributed by atoms with Gasteiger partial charge in [-0.2, -0.15) is 5.26 Å². The Kier molecular flexibility index (Phi) is 4.08. The van der Waals surface area contributed by atoms with Crippen molar-refractivity contribution < 1.29 is 9.18 Å². The van der Waals surface area contributed by atoms with E-state index in [4.69, 9.17) is 0 Å². The highest BCUT2D eigenvalue weighted by molar-refractivity contribution is 5.91. The van der Waals surface area contributed by atoms with Gasteiger partial charge in [-0.15, -0.1) is 0 Å². The Hall–Kier alpha value is -2.94. The van der Waals surface area contributed by atoms with Crippen LogP contribution in [0, 0.1) is 23.1 Å². The van der Waals surface area contributed by atoms with E-state index in [-0.39, 0.29) is 6.03 Å². The second-order valence-electron chi connectivity index (χ2n) is 7.22. The van der Waals surface area contributed by atoms with Crippen molar-refractivity contribution in [2.75, 3.05) is 5.32 Å². The van der Waals surface area contributed by atoms with Crippen LogP contribution in [0.25, 0.3) is 11.1 Å². The summed E-state index contributed by atoms with van der Waals surface area (Å²) in [6.45, 7) is 2.23. The number of piperidine rings is 1. The third kappa shape index (κ3) is 2.90. The van der Waals surface area contributed by atoms with E-state index >= 15 is 0 Å². The maximum atomic E-state index is 13.5. The molecule has 1 aliphatic carbocycles. The van der Waals surface area contributed by atoms with Gasteiger partial charge in [0.25, 0.3) is 0 Å². The fraction of sp³-hybridized carbons (Fsp3) is 0.350. The van der Waals surface area contributed by atoms with Crippen molar-refractivity contribution >= 4 is 11.7 Å². The summed E-state index contributed by atoms with van der Waals surface area (Å²) in [7, 11) is 0. The summed E-state index contributed by atoms with van der Waals surface area (Å²) in [6.07, 6.45) is 5.82. The first-order valence-electron chi connectivity index (χ1n) is 8.79. The molecule has 2 aliphatic heterocycles. The number of urea groups is 1. The molecule has 2 aromatic rings. The summed E-state index contributed by atoms with van der Waals surface area (Å²) in [4.78, 5) is 18.4. The number of amides is 2. The van der Waals surface area contributed by atoms with E-state index in [1.807, 2.05) is 4.90 Å². The molecule has 132 valence electrons. The van der Waals surface area contributed by atoms with E-state index in [0.29, 0.717) is 40.4 Å². The number of nitriles is 1. The van der Waals surface area contributed by atoms with E-state index in [9.17, 15) is 14.4 Å². The lowest BCUT2D eigenvalue weighted by Gasteiger charge is -2.54. The zero-order valence-corrected chi connectivity index (χ0v) is 14.4. The van der Waals surface area contributed by atoms with Gasteiger partial charge in [0.05, 0.1) is 17.8 Å². The second kappa shape index (κ2) is 6.41. The van der Waals surface area contributed by atoms with Crippen LogP contribution in [0.5, 0.6) is 0 Å². The van der Waals surface area contributed by atoms with E-state index in [2.05, 4.69) is 23.3 Å². The standard InChI is InChI=1S/C20H19FN4O/c1-12-4-17-8-18(5-12)25(17)20(26)24-16-3-2-13(9-22)19(7-16)14-6-15(21)11-23-10-14/h2-3,6-7,10-12,17-18H,4-5,8H2,1H3,(H,24,26)/t12-,17-,18?/m0/s1. The molecule has 26 heavy (non-hydrogen) atoms. The number of fused-ring (bicyclic) bond motifs is 2. The fourth-order valence-electron chi connectivity index (χ4n) is 4.18. The molecule has 2 amide bonds. The lowest BCUT2D eigenvalue weighted by atomic mass is 9.74. The first kappa shape index (κ1) is 16.5. The molecule has 1 N–H and O–H groups in total. The summed E-state index contributed by atoms with van der Waals surface area (Å²) in [6, 6.07) is 9.02. The van der Waals surface area contributed by atoms with Crippen LogP contribution in [-0.4, -0.2) is 28.0 Å². The number of benzene rings is 1. The molecule has 3 atom stereocenters. The lowest BCUT2D eigenvalue weighted by molar-refractivity contribution is -0.00600. The van der Waals surface area contributed by atoms with Crippen molar-refractivity contribution in [3.05, 3.63) is 48.0 Å². The Bertz CT molecular complexity index is 895. The number of nitrogens with zero attached hydrogens (tertiary/aromatic N) is 3. The van der Waals surface area contributed by atoms with Crippen LogP contribution in [0.2, 0.25) is 0 Å². The smallest absolute Gasteiger partial charge is 0.318 e. The molecule has 6 heteroatoms. The molecule has 3 aliphatic rings. The van der Waals surface area contributed by atoms with Gasteiger partial charge in [0.15, 0.2) is 0 Å². The molecule has 3 heterocycles. The Morgan fingerprint density at radius 1 is 1.27 bits per heavy atom. The quantitative estimate of drug-likeness (QED) is 0.884. The van der Waals surface area contributed by atoms with Gasteiger partial charge in [-0.25, -0.2) is 9.18 Å². The van der Waals surface area contributed by atoms with Crippen LogP contribution >= 0.6 is 0 Å². The summed E-state index contributed by atoms with van der Waals surface area (Å²) in [5.74, 6) is 0.202. The molecule has 5 nitrogen and oxygen atoms in total. The average molecular weight is 350 g/mol. The number of hydrogen-bond donors (Lipinski definition) is 1. The zero-order chi connectivity index (χ0) is 18.3. The van der Waals surface area contributed by atoms with Gasteiger partial charge in [0.2, 0.25) is 0 Å². The topological polar surface area (TPSA) is 69.0 Å². The number of nitrogens with one attached hydrogen (secondary N) is 1. The van der Waals surface area contributed by atoms with E-state index in [1.165, 1.54) is 12.3 Å². The predicted molar refractivity (Wildman–Crippen MR) is 95.8 cm³/mol. The molecule has 0 radical (unpaired) electrons. The van der Waals surface area contributed by atoms with Gasteiger partial charge >= 0.3 is 6.03 Å². The minimum atomic E-state index is -0.469. The van der Waals surface area contributed by atoms with Crippen molar-refractivity contribution in [3.8, 4) is 17.2 Å². The normalized spacial score (nSPS) is 23.7. The number of pyridine rings is 1. The number of hydrogen-bond acceptors (Lipinski definition) is 3. The van der Waals surface area contributed by atoms with Crippen molar-refractivity contribution in [2.24, 2.45) is 5.92 Å². The number of carbonyl (C=O) groups is 1. The molecular weight excluding hydrogens is 331 g/mol. The predicted octanol–water partition coefficient (Wildman–Crippen LogP) is 4.16. The highest BCUT2D eigenvalue weighted by Gasteiger charge is 2.46. The van der Waals surface area contributed by atoms with Crippen molar-refractivity contribution in [1.29, 1.82) is 5.26 Å². The largest absolute Gasteiger partial charge is 0.322 e. The molecule has 1 unspecified atom stereocenters. The SMILES string of the molecule is C[C@@H]1CC2C[C@H](C1)N2C(=O)Nc1ccc(C#N)c(-c2cncc(F)c2)c1. The van der Waals surface area contributed by atoms with Crippen LogP contribution < -0.4 is 5.32 Å². The number of halogens is 1. The Morgan fingerprint density at radius 2 is 2.04 bits per heavy atom. The maximum absolute atomic E-state index is 13.5. The van der Waals surface area contributed by atoms with Crippen LogP contribution in [0.4, 0.5) is 14.9 Å². The summed E-state index contributed by atoms with van der Waals surface area (Å²) < 4.78 is 13.5. The molecule has 5 rings (SSSR count). The van der Waals surface area contributed by atoms with Crippen LogP contribution in [0.1, 0.15) is 31.7 Å². The highest BCUT2D eigenvalue weighted by Crippen LogP contribution is 2.41. The van der Waals surface area contributed by atoms with Crippen molar-refractivity contribution in [1.82, 2.24) is 9.88 Å². The third-order valence-corrected chi connectivity index (χ3v) is 5.32. The molecule has 0 spiro atoms. The first-order valence-corrected chi connectivity index (χ1v) is 8.79. The summed E-state index contributed by atoms with van der Waals surface area (Å²) in [5, 5.41) is 12.3. The van der Waals surface area contributed by atoms with E-state index < -0.39 is 5.82 Å². The van der Waals surface area contributed by atoms with Gasteiger partial charge in [0.1, 0.15) is 5.82 Å². The lowest BCUT2D eigenvalue weighted by Crippen LogP contribution is -2.63. The van der Waals surface area contributed by atoms with Crippen molar-refractivity contribution in [3.63, 3.8) is 0 Å². The molecule has 1 aromatic heterocycles. The van der Waals surface area contributed by atoms with E-state index in [0.717, 1.165) is 25.5 Å². The van der Waals surface area contributed by atoms with Crippen LogP contribution in [0.15, 0.2) is 36.7 Å². The second-order valence-corrected chi connectivity index (χ2v) is 7.22. The van der Waals surface area contributed by atoms with Gasteiger partial charge in [-0.1, -0.05) is 6.92 Å².